The Morgan fingerprint density at radius 1 is 1.29 bits per heavy atom. The van der Waals surface area contributed by atoms with Crippen molar-refractivity contribution in [2.45, 2.75) is 57.8 Å². The Morgan fingerprint density at radius 3 is 2.71 bits per heavy atom. The van der Waals surface area contributed by atoms with Crippen LogP contribution in [0.1, 0.15) is 40.0 Å². The van der Waals surface area contributed by atoms with Crippen LogP contribution in [0.15, 0.2) is 0 Å². The molecule has 0 radical (unpaired) electrons. The first-order valence-electron chi connectivity index (χ1n) is 8.19. The summed E-state index contributed by atoms with van der Waals surface area (Å²) < 4.78 is 11.4. The Kier molecular flexibility index (Phi) is 3.79. The van der Waals surface area contributed by atoms with Crippen LogP contribution in [-0.4, -0.2) is 43.4 Å². The van der Waals surface area contributed by atoms with Gasteiger partial charge in [-0.1, -0.05) is 13.8 Å². The van der Waals surface area contributed by atoms with Crippen molar-refractivity contribution in [1.82, 2.24) is 5.32 Å². The number of ether oxygens (including phenoxy) is 2. The summed E-state index contributed by atoms with van der Waals surface area (Å²) in [6, 6.07) is 0. The molecular formula is C16H28N2O3. The molecule has 5 atom stereocenters. The second-order valence-electron chi connectivity index (χ2n) is 7.47. The molecule has 0 bridgehead atoms. The largest absolute Gasteiger partial charge is 0.378 e. The van der Waals surface area contributed by atoms with Crippen molar-refractivity contribution >= 4 is 5.91 Å². The Bertz CT molecular complexity index is 426. The molecule has 5 unspecified atom stereocenters. The number of nitrogens with two attached hydrogens (primary N) is 1. The van der Waals surface area contributed by atoms with Gasteiger partial charge in [-0.05, 0) is 26.2 Å². The molecule has 2 heterocycles. The van der Waals surface area contributed by atoms with Gasteiger partial charge in [0.05, 0.1) is 12.2 Å². The number of fused-ring (bicyclic) bond motifs is 1. The predicted octanol–water partition coefficient (Wildman–Crippen LogP) is 1.06. The van der Waals surface area contributed by atoms with Gasteiger partial charge in [0.2, 0.25) is 5.91 Å². The fourth-order valence-electron chi connectivity index (χ4n) is 4.45. The van der Waals surface area contributed by atoms with Crippen LogP contribution in [0, 0.1) is 17.3 Å². The maximum Gasteiger partial charge on any atom is 0.241 e. The number of hydrogen-bond acceptors (Lipinski definition) is 4. The third-order valence-electron chi connectivity index (χ3n) is 6.12. The first kappa shape index (κ1) is 15.3. The van der Waals surface area contributed by atoms with Gasteiger partial charge in [0.25, 0.3) is 0 Å². The Balaban J connectivity index is 1.65. The summed E-state index contributed by atoms with van der Waals surface area (Å²) in [5, 5.41) is 3.09. The van der Waals surface area contributed by atoms with Gasteiger partial charge in [0.15, 0.2) is 0 Å². The van der Waals surface area contributed by atoms with Gasteiger partial charge >= 0.3 is 0 Å². The molecule has 0 spiro atoms. The molecule has 0 aromatic heterocycles. The molecule has 2 aliphatic heterocycles. The van der Waals surface area contributed by atoms with E-state index < -0.39 is 5.54 Å². The predicted molar refractivity (Wildman–Crippen MR) is 79.7 cm³/mol. The average molecular weight is 296 g/mol. The molecule has 1 saturated carbocycles. The molecule has 0 aromatic rings. The molecule has 0 aromatic carbocycles. The molecular weight excluding hydrogens is 268 g/mol. The normalized spacial score (nSPS) is 44.8. The lowest BCUT2D eigenvalue weighted by Gasteiger charge is -2.65. The average Bonchev–Trinajstić information content (AvgIpc) is 2.89. The maximum atomic E-state index is 12.7. The number of amides is 1. The van der Waals surface area contributed by atoms with E-state index in [1.165, 1.54) is 0 Å². The highest BCUT2D eigenvalue weighted by Crippen LogP contribution is 2.57. The van der Waals surface area contributed by atoms with Crippen molar-refractivity contribution in [1.29, 1.82) is 0 Å². The molecule has 3 N–H and O–H groups in total. The second kappa shape index (κ2) is 5.21. The van der Waals surface area contributed by atoms with Crippen LogP contribution < -0.4 is 11.1 Å². The molecule has 5 heteroatoms. The van der Waals surface area contributed by atoms with Gasteiger partial charge in [-0.15, -0.1) is 0 Å². The lowest BCUT2D eigenvalue weighted by atomic mass is 9.46. The Labute approximate surface area is 126 Å². The second-order valence-corrected chi connectivity index (χ2v) is 7.47. The summed E-state index contributed by atoms with van der Waals surface area (Å²) in [5.74, 6) is 0.538. The lowest BCUT2D eigenvalue weighted by molar-refractivity contribution is -0.225. The molecule has 3 aliphatic rings. The molecule has 1 amide bonds. The van der Waals surface area contributed by atoms with Crippen LogP contribution in [0.3, 0.4) is 0 Å². The van der Waals surface area contributed by atoms with Gasteiger partial charge in [-0.3, -0.25) is 4.79 Å². The lowest BCUT2D eigenvalue weighted by Crippen LogP contribution is -2.82. The Morgan fingerprint density at radius 2 is 2.05 bits per heavy atom. The first-order chi connectivity index (χ1) is 9.89. The third-order valence-corrected chi connectivity index (χ3v) is 6.12. The van der Waals surface area contributed by atoms with Crippen LogP contribution in [0.25, 0.3) is 0 Å². The fourth-order valence-corrected chi connectivity index (χ4v) is 4.45. The monoisotopic (exact) mass is 296 g/mol. The van der Waals surface area contributed by atoms with Crippen molar-refractivity contribution in [2.24, 2.45) is 23.0 Å². The Hall–Kier alpha value is -0.650. The summed E-state index contributed by atoms with van der Waals surface area (Å²) in [6.07, 6.45) is 3.34. The SMILES string of the molecule is CC1OCCC1CNC(=O)C1(N)C2CCCOC2C1(C)C. The minimum atomic E-state index is -0.805. The van der Waals surface area contributed by atoms with Gasteiger partial charge in [0, 0.05) is 37.0 Å². The van der Waals surface area contributed by atoms with E-state index in [4.69, 9.17) is 15.2 Å². The molecule has 2 saturated heterocycles. The van der Waals surface area contributed by atoms with Gasteiger partial charge in [0.1, 0.15) is 5.54 Å². The highest BCUT2D eigenvalue weighted by Gasteiger charge is 2.70. The summed E-state index contributed by atoms with van der Waals surface area (Å²) in [5.41, 5.74) is 5.46. The van der Waals surface area contributed by atoms with Gasteiger partial charge in [-0.25, -0.2) is 0 Å². The molecule has 21 heavy (non-hydrogen) atoms. The summed E-state index contributed by atoms with van der Waals surface area (Å²) in [7, 11) is 0. The third kappa shape index (κ3) is 2.13. The summed E-state index contributed by atoms with van der Waals surface area (Å²) >= 11 is 0. The smallest absolute Gasteiger partial charge is 0.241 e. The number of carbonyl (C=O) groups is 1. The zero-order chi connectivity index (χ0) is 15.3. The topological polar surface area (TPSA) is 73.6 Å². The molecule has 1 aliphatic carbocycles. The zero-order valence-electron chi connectivity index (χ0n) is 13.4. The highest BCUT2D eigenvalue weighted by molar-refractivity contribution is 5.89. The van der Waals surface area contributed by atoms with E-state index in [0.29, 0.717) is 12.5 Å². The quantitative estimate of drug-likeness (QED) is 0.817. The summed E-state index contributed by atoms with van der Waals surface area (Å²) in [6.45, 7) is 8.42. The molecule has 3 fully saturated rings. The van der Waals surface area contributed by atoms with Crippen LogP contribution in [0.5, 0.6) is 0 Å². The number of rotatable bonds is 3. The minimum absolute atomic E-state index is 0.0154. The first-order valence-corrected chi connectivity index (χ1v) is 8.19. The van der Waals surface area contributed by atoms with E-state index >= 15 is 0 Å². The van der Waals surface area contributed by atoms with Crippen molar-refractivity contribution in [3.8, 4) is 0 Å². The van der Waals surface area contributed by atoms with Crippen molar-refractivity contribution in [3.05, 3.63) is 0 Å². The van der Waals surface area contributed by atoms with Gasteiger partial charge < -0.3 is 20.5 Å². The van der Waals surface area contributed by atoms with Crippen LogP contribution >= 0.6 is 0 Å². The number of carbonyl (C=O) groups excluding carboxylic acids is 1. The molecule has 120 valence electrons. The standard InChI is InChI=1S/C16H28N2O3/c1-10-11(6-8-20-10)9-18-14(19)16(17)12-5-4-7-21-13(12)15(16,2)3/h10-13H,4-9,17H2,1-3H3,(H,18,19). The fraction of sp³-hybridized carbons (Fsp3) is 0.938. The van der Waals surface area contributed by atoms with Crippen molar-refractivity contribution in [2.75, 3.05) is 19.8 Å². The minimum Gasteiger partial charge on any atom is -0.378 e. The van der Waals surface area contributed by atoms with Crippen LogP contribution in [-0.2, 0) is 14.3 Å². The molecule has 3 rings (SSSR count). The van der Waals surface area contributed by atoms with E-state index in [1.54, 1.807) is 0 Å². The van der Waals surface area contributed by atoms with E-state index in [0.717, 1.165) is 32.5 Å². The van der Waals surface area contributed by atoms with E-state index in [2.05, 4.69) is 26.1 Å². The molecule has 5 nitrogen and oxygen atoms in total. The van der Waals surface area contributed by atoms with E-state index in [9.17, 15) is 4.79 Å². The number of hydrogen-bond donors (Lipinski definition) is 2. The highest BCUT2D eigenvalue weighted by atomic mass is 16.5. The van der Waals surface area contributed by atoms with E-state index in [-0.39, 0.29) is 29.4 Å². The van der Waals surface area contributed by atoms with Crippen LogP contribution in [0.2, 0.25) is 0 Å². The summed E-state index contributed by atoms with van der Waals surface area (Å²) in [4.78, 5) is 12.7. The van der Waals surface area contributed by atoms with Crippen molar-refractivity contribution < 1.29 is 14.3 Å². The number of nitrogens with one attached hydrogen (secondary N) is 1. The van der Waals surface area contributed by atoms with Gasteiger partial charge in [-0.2, -0.15) is 0 Å². The zero-order valence-corrected chi connectivity index (χ0v) is 13.4. The van der Waals surface area contributed by atoms with Crippen molar-refractivity contribution in [3.63, 3.8) is 0 Å². The maximum absolute atomic E-state index is 12.7. The van der Waals surface area contributed by atoms with E-state index in [1.807, 2.05) is 0 Å². The van der Waals surface area contributed by atoms with Crippen LogP contribution in [0.4, 0.5) is 0 Å².